The van der Waals surface area contributed by atoms with Crippen LogP contribution in [-0.4, -0.2) is 78.0 Å². The van der Waals surface area contributed by atoms with Gasteiger partial charge in [0.05, 0.1) is 17.6 Å². The van der Waals surface area contributed by atoms with Crippen LogP contribution in [0.1, 0.15) is 61.3 Å². The second-order valence-electron chi connectivity index (χ2n) is 7.96. The zero-order valence-electron chi connectivity index (χ0n) is 22.7. The number of likely N-dealkylation sites (N-methyl/N-ethyl adjacent to an activating group) is 1. The lowest BCUT2D eigenvalue weighted by Gasteiger charge is -2.23. The Hall–Kier alpha value is -1.52. The van der Waals surface area contributed by atoms with Gasteiger partial charge < -0.3 is 14.4 Å². The van der Waals surface area contributed by atoms with E-state index < -0.39 is 28.6 Å². The van der Waals surface area contributed by atoms with E-state index in [1.165, 1.54) is 13.8 Å². The van der Waals surface area contributed by atoms with E-state index in [1.807, 2.05) is 50.2 Å². The van der Waals surface area contributed by atoms with E-state index in [9.17, 15) is 13.9 Å². The van der Waals surface area contributed by atoms with E-state index in [-0.39, 0.29) is 0 Å². The Labute approximate surface area is 210 Å². The van der Waals surface area contributed by atoms with Gasteiger partial charge in [0.1, 0.15) is 16.6 Å². The fourth-order valence-electron chi connectivity index (χ4n) is 2.82. The van der Waals surface area contributed by atoms with Crippen LogP contribution >= 0.6 is 0 Å². The predicted molar refractivity (Wildman–Crippen MR) is 143 cm³/mol. The first-order chi connectivity index (χ1) is 16.1. The number of ether oxygens (including phenoxy) is 2. The van der Waals surface area contributed by atoms with Crippen molar-refractivity contribution in [2.24, 2.45) is 5.18 Å². The summed E-state index contributed by atoms with van der Waals surface area (Å²) >= 11 is 0. The summed E-state index contributed by atoms with van der Waals surface area (Å²) in [6.45, 7) is 16.9. The molecule has 2 unspecified atom stereocenters. The van der Waals surface area contributed by atoms with Crippen molar-refractivity contribution in [2.75, 3.05) is 46.9 Å². The van der Waals surface area contributed by atoms with Crippen LogP contribution in [0.4, 0.5) is 0 Å². The Balaban J connectivity index is 0. The monoisotopic (exact) mass is 501 g/mol. The van der Waals surface area contributed by atoms with Crippen LogP contribution in [0, 0.1) is 4.91 Å². The highest BCUT2D eigenvalue weighted by Crippen LogP contribution is 2.18. The molecule has 1 aliphatic heterocycles. The normalized spacial score (nSPS) is 17.9. The molecule has 0 aromatic heterocycles. The van der Waals surface area contributed by atoms with E-state index in [1.54, 1.807) is 26.2 Å². The standard InChI is InChI=1S/C18H31N3O4S.C5H10O.C2H6/c1-6-8-16(26(24)21-12-7-11-20(5)13-14-21)10-9-15(2)25-18(3,4)17(22)19-23;1-3-4-5-6-2;1-2/h8-10,15H,6-7,11-14H2,1-5H3;3-4H,5H2,1-2H3;1-2H3/b10-9-,16-8+;4-3-;. The smallest absolute Gasteiger partial charge is 0.317 e. The molecule has 1 fully saturated rings. The predicted octanol–water partition coefficient (Wildman–Crippen LogP) is 4.85. The molecule has 1 heterocycles. The largest absolute Gasteiger partial charge is 0.381 e. The lowest BCUT2D eigenvalue weighted by molar-refractivity contribution is -0.142. The topological polar surface area (TPSA) is 88.5 Å². The second-order valence-corrected chi connectivity index (χ2v) is 9.45. The third-order valence-electron chi connectivity index (χ3n) is 4.63. The summed E-state index contributed by atoms with van der Waals surface area (Å²) in [5, 5.41) is 2.43. The maximum absolute atomic E-state index is 12.9. The van der Waals surface area contributed by atoms with Gasteiger partial charge in [-0.25, -0.2) is 8.51 Å². The lowest BCUT2D eigenvalue weighted by atomic mass is 10.1. The van der Waals surface area contributed by atoms with Gasteiger partial charge in [-0.2, -0.15) is 0 Å². The van der Waals surface area contributed by atoms with E-state index in [0.29, 0.717) is 0 Å². The molecular weight excluding hydrogens is 454 g/mol. The van der Waals surface area contributed by atoms with Gasteiger partial charge in [-0.1, -0.05) is 45.1 Å². The van der Waals surface area contributed by atoms with Gasteiger partial charge in [-0.05, 0) is 60.2 Å². The number of rotatable bonds is 10. The molecule has 0 aromatic carbocycles. The molecule has 0 N–H and O–H groups in total. The van der Waals surface area contributed by atoms with E-state index in [0.717, 1.165) is 50.5 Å². The summed E-state index contributed by atoms with van der Waals surface area (Å²) in [5.41, 5.74) is -1.28. The SMILES string of the molecule is C/C=C\COC.CC.CC/C=C(\C=C/C(C)OC(C)(C)C(=O)N=O)S(=O)N1CCCN(C)CC1. The number of nitroso groups, excluding NO2 is 1. The van der Waals surface area contributed by atoms with Gasteiger partial charge in [0.2, 0.25) is 0 Å². The van der Waals surface area contributed by atoms with Crippen molar-refractivity contribution >= 4 is 16.9 Å². The van der Waals surface area contributed by atoms with Crippen molar-refractivity contribution in [3.05, 3.63) is 40.2 Å². The van der Waals surface area contributed by atoms with E-state index in [4.69, 9.17) is 9.47 Å². The number of hydrogen-bond acceptors (Lipinski definition) is 6. The summed E-state index contributed by atoms with van der Waals surface area (Å²) in [6.07, 6.45) is 10.7. The quantitative estimate of drug-likeness (QED) is 0.242. The Morgan fingerprint density at radius 2 is 1.85 bits per heavy atom. The summed E-state index contributed by atoms with van der Waals surface area (Å²) in [6, 6.07) is 0. The van der Waals surface area contributed by atoms with Gasteiger partial charge in [-0.15, -0.1) is 4.91 Å². The van der Waals surface area contributed by atoms with Gasteiger partial charge >= 0.3 is 5.91 Å². The average Bonchev–Trinajstić information content (AvgIpc) is 3.05. The molecule has 198 valence electrons. The van der Waals surface area contributed by atoms with Crippen LogP contribution in [0.2, 0.25) is 0 Å². The minimum absolute atomic E-state index is 0.428. The van der Waals surface area contributed by atoms with Crippen molar-refractivity contribution in [1.29, 1.82) is 0 Å². The van der Waals surface area contributed by atoms with Crippen LogP contribution in [0.25, 0.3) is 0 Å². The number of carbonyl (C=O) groups excluding carboxylic acids is 1. The molecule has 1 amide bonds. The van der Waals surface area contributed by atoms with Crippen LogP contribution in [0.3, 0.4) is 0 Å². The minimum atomic E-state index is -1.28. The molecule has 9 heteroatoms. The molecule has 8 nitrogen and oxygen atoms in total. The fraction of sp³-hybridized carbons (Fsp3) is 0.720. The van der Waals surface area contributed by atoms with Crippen molar-refractivity contribution in [2.45, 2.75) is 73.0 Å². The van der Waals surface area contributed by atoms with Gasteiger partial charge in [0.25, 0.3) is 0 Å². The highest BCUT2D eigenvalue weighted by atomic mass is 32.2. The zero-order valence-corrected chi connectivity index (χ0v) is 23.5. The lowest BCUT2D eigenvalue weighted by Crippen LogP contribution is -2.36. The molecule has 0 bridgehead atoms. The first-order valence-corrected chi connectivity index (χ1v) is 13.1. The van der Waals surface area contributed by atoms with Crippen LogP contribution in [0.15, 0.2) is 40.5 Å². The summed E-state index contributed by atoms with van der Waals surface area (Å²) < 4.78 is 25.2. The van der Waals surface area contributed by atoms with Crippen LogP contribution in [-0.2, 0) is 25.3 Å². The third kappa shape index (κ3) is 15.4. The molecule has 0 aliphatic carbocycles. The number of carbonyl (C=O) groups is 1. The molecule has 2 atom stereocenters. The number of amides is 1. The maximum Gasteiger partial charge on any atom is 0.317 e. The Kier molecular flexibility index (Phi) is 21.2. The van der Waals surface area contributed by atoms with Gasteiger partial charge in [-0.3, -0.25) is 4.79 Å². The fourth-order valence-corrected chi connectivity index (χ4v) is 4.17. The molecule has 0 spiro atoms. The second kappa shape index (κ2) is 20.8. The van der Waals surface area contributed by atoms with Crippen molar-refractivity contribution in [3.8, 4) is 0 Å². The van der Waals surface area contributed by atoms with E-state index >= 15 is 0 Å². The van der Waals surface area contributed by atoms with Crippen molar-refractivity contribution in [1.82, 2.24) is 9.21 Å². The highest BCUT2D eigenvalue weighted by molar-refractivity contribution is 7.86. The first-order valence-electron chi connectivity index (χ1n) is 12.0. The van der Waals surface area contributed by atoms with Gasteiger partial charge in [0, 0.05) is 31.9 Å². The Bertz CT molecular complexity index is 677. The molecule has 0 aromatic rings. The molecule has 1 saturated heterocycles. The molecule has 1 aliphatic rings. The molecule has 0 radical (unpaired) electrons. The zero-order chi connectivity index (χ0) is 26.6. The minimum Gasteiger partial charge on any atom is -0.381 e. The van der Waals surface area contributed by atoms with Crippen LogP contribution < -0.4 is 0 Å². The molecule has 34 heavy (non-hydrogen) atoms. The number of methoxy groups -OCH3 is 1. The highest BCUT2D eigenvalue weighted by Gasteiger charge is 2.31. The Morgan fingerprint density at radius 3 is 2.35 bits per heavy atom. The first kappa shape index (κ1) is 34.6. The van der Waals surface area contributed by atoms with Crippen LogP contribution in [0.5, 0.6) is 0 Å². The number of allylic oxidation sites excluding steroid dienone is 3. The summed E-state index contributed by atoms with van der Waals surface area (Å²) in [4.78, 5) is 24.9. The van der Waals surface area contributed by atoms with Gasteiger partial charge in [0.15, 0.2) is 0 Å². The maximum atomic E-state index is 12.9. The third-order valence-corrected chi connectivity index (χ3v) is 6.17. The van der Waals surface area contributed by atoms with Crippen molar-refractivity contribution in [3.63, 3.8) is 0 Å². The summed E-state index contributed by atoms with van der Waals surface area (Å²) in [7, 11) is 2.53. The van der Waals surface area contributed by atoms with E-state index in [2.05, 4.69) is 17.1 Å². The van der Waals surface area contributed by atoms with Crippen molar-refractivity contribution < 1.29 is 18.5 Å². The molecule has 1 rings (SSSR count). The summed E-state index contributed by atoms with van der Waals surface area (Å²) in [5.74, 6) is -0.848. The average molecular weight is 502 g/mol. The Morgan fingerprint density at radius 1 is 1.21 bits per heavy atom. The number of hydrogen-bond donors (Lipinski definition) is 0. The molecular formula is C25H47N3O5S. The number of nitrogens with zero attached hydrogens (tertiary/aromatic N) is 3. The molecule has 0 saturated carbocycles.